The van der Waals surface area contributed by atoms with Gasteiger partial charge in [0.15, 0.2) is 0 Å². The lowest BCUT2D eigenvalue weighted by Gasteiger charge is -2.35. The Labute approximate surface area is 114 Å². The smallest absolute Gasteiger partial charge is 0.228 e. The molecule has 4 nitrogen and oxygen atoms in total. The predicted molar refractivity (Wildman–Crippen MR) is 76.9 cm³/mol. The van der Waals surface area contributed by atoms with Gasteiger partial charge in [0.1, 0.15) is 0 Å². The van der Waals surface area contributed by atoms with Crippen molar-refractivity contribution in [2.24, 2.45) is 5.41 Å². The molecule has 1 aliphatic heterocycles. The Morgan fingerprint density at radius 2 is 2.28 bits per heavy atom. The van der Waals surface area contributed by atoms with Crippen molar-refractivity contribution in [3.8, 4) is 0 Å². The second kappa shape index (κ2) is 8.56. The second-order valence-electron chi connectivity index (χ2n) is 4.58. The summed E-state index contributed by atoms with van der Waals surface area (Å²) in [5.74, 6) is 2.01. The molecule has 2 N–H and O–H groups in total. The number of carbonyl (C=O) groups excluding carboxylic acids is 1. The molecule has 1 aliphatic rings. The first-order chi connectivity index (χ1) is 8.75. The second-order valence-corrected chi connectivity index (χ2v) is 5.73. The van der Waals surface area contributed by atoms with Gasteiger partial charge in [-0.05, 0) is 25.9 Å². The fraction of sp³-hybridized carbons (Fsp3) is 0.769. The quantitative estimate of drug-likeness (QED) is 0.512. The molecule has 0 spiro atoms. The van der Waals surface area contributed by atoms with Crippen molar-refractivity contribution in [3.05, 3.63) is 12.7 Å². The van der Waals surface area contributed by atoms with E-state index in [4.69, 9.17) is 4.74 Å². The summed E-state index contributed by atoms with van der Waals surface area (Å²) >= 11 is 1.78. The van der Waals surface area contributed by atoms with Crippen molar-refractivity contribution in [3.63, 3.8) is 0 Å². The van der Waals surface area contributed by atoms with Crippen LogP contribution in [-0.2, 0) is 9.53 Å². The molecule has 0 radical (unpaired) electrons. The lowest BCUT2D eigenvalue weighted by atomic mass is 9.78. The monoisotopic (exact) mass is 272 g/mol. The number of rotatable bonds is 8. The van der Waals surface area contributed by atoms with Gasteiger partial charge in [0.05, 0.1) is 12.0 Å². The van der Waals surface area contributed by atoms with Crippen LogP contribution in [0.4, 0.5) is 0 Å². The number of thioether (sulfide) groups is 1. The molecule has 1 saturated heterocycles. The molecule has 0 unspecified atom stereocenters. The number of amides is 1. The van der Waals surface area contributed by atoms with E-state index in [-0.39, 0.29) is 11.3 Å². The summed E-state index contributed by atoms with van der Waals surface area (Å²) < 4.78 is 5.24. The maximum atomic E-state index is 12.3. The SMILES string of the molecule is C=CCSCCNC(=O)C1(COC)CCNCC1. The Hall–Kier alpha value is -0.520. The van der Waals surface area contributed by atoms with Crippen molar-refractivity contribution in [1.82, 2.24) is 10.6 Å². The summed E-state index contributed by atoms with van der Waals surface area (Å²) in [5, 5.41) is 6.32. The van der Waals surface area contributed by atoms with Gasteiger partial charge in [-0.25, -0.2) is 0 Å². The summed E-state index contributed by atoms with van der Waals surface area (Å²) in [4.78, 5) is 12.3. The molecule has 0 saturated carbocycles. The minimum Gasteiger partial charge on any atom is -0.384 e. The Bertz CT molecular complexity index is 260. The number of hydrogen-bond donors (Lipinski definition) is 2. The molecule has 5 heteroatoms. The third kappa shape index (κ3) is 4.63. The average molecular weight is 272 g/mol. The molecule has 1 heterocycles. The van der Waals surface area contributed by atoms with Gasteiger partial charge in [-0.1, -0.05) is 6.08 Å². The molecular formula is C13H24N2O2S. The van der Waals surface area contributed by atoms with E-state index in [2.05, 4.69) is 17.2 Å². The summed E-state index contributed by atoms with van der Waals surface area (Å²) in [7, 11) is 1.66. The Morgan fingerprint density at radius 3 is 2.89 bits per heavy atom. The van der Waals surface area contributed by atoms with E-state index < -0.39 is 0 Å². The highest BCUT2D eigenvalue weighted by Gasteiger charge is 2.39. The van der Waals surface area contributed by atoms with Gasteiger partial charge in [0, 0.05) is 25.2 Å². The fourth-order valence-electron chi connectivity index (χ4n) is 2.21. The molecule has 0 aromatic rings. The number of nitrogens with one attached hydrogen (secondary N) is 2. The minimum atomic E-state index is -0.330. The van der Waals surface area contributed by atoms with Crippen molar-refractivity contribution >= 4 is 17.7 Å². The number of methoxy groups -OCH3 is 1. The first kappa shape index (κ1) is 15.5. The van der Waals surface area contributed by atoms with E-state index in [1.807, 2.05) is 6.08 Å². The summed E-state index contributed by atoms with van der Waals surface area (Å²) in [6.07, 6.45) is 3.59. The standard InChI is InChI=1S/C13H24N2O2S/c1-3-9-18-10-8-15-12(16)13(11-17-2)4-6-14-7-5-13/h3,14H,1,4-11H2,2H3,(H,15,16). The van der Waals surface area contributed by atoms with Gasteiger partial charge in [-0.2, -0.15) is 11.8 Å². The molecular weight excluding hydrogens is 248 g/mol. The van der Waals surface area contributed by atoms with E-state index in [0.29, 0.717) is 6.61 Å². The molecule has 0 aromatic carbocycles. The number of ether oxygens (including phenoxy) is 1. The Kier molecular flexibility index (Phi) is 7.39. The molecule has 0 atom stereocenters. The average Bonchev–Trinajstić information content (AvgIpc) is 2.39. The zero-order chi connectivity index (χ0) is 13.3. The zero-order valence-electron chi connectivity index (χ0n) is 11.2. The third-order valence-electron chi connectivity index (χ3n) is 3.23. The van der Waals surface area contributed by atoms with Crippen LogP contribution in [-0.4, -0.2) is 50.8 Å². The van der Waals surface area contributed by atoms with Crippen LogP contribution in [0.25, 0.3) is 0 Å². The van der Waals surface area contributed by atoms with E-state index in [0.717, 1.165) is 44.0 Å². The molecule has 1 rings (SSSR count). The molecule has 104 valence electrons. The van der Waals surface area contributed by atoms with Gasteiger partial charge in [0.2, 0.25) is 5.91 Å². The van der Waals surface area contributed by atoms with Crippen LogP contribution in [0.2, 0.25) is 0 Å². The number of hydrogen-bond acceptors (Lipinski definition) is 4. The maximum absolute atomic E-state index is 12.3. The topological polar surface area (TPSA) is 50.4 Å². The van der Waals surface area contributed by atoms with Crippen molar-refractivity contribution in [2.45, 2.75) is 12.8 Å². The van der Waals surface area contributed by atoms with Crippen LogP contribution in [0.5, 0.6) is 0 Å². The highest BCUT2D eigenvalue weighted by atomic mass is 32.2. The van der Waals surface area contributed by atoms with Crippen molar-refractivity contribution < 1.29 is 9.53 Å². The minimum absolute atomic E-state index is 0.144. The predicted octanol–water partition coefficient (Wildman–Crippen LogP) is 1.04. The third-order valence-corrected chi connectivity index (χ3v) is 4.19. The van der Waals surface area contributed by atoms with Crippen molar-refractivity contribution in [2.75, 3.05) is 44.9 Å². The maximum Gasteiger partial charge on any atom is 0.228 e. The summed E-state index contributed by atoms with van der Waals surface area (Å²) in [6, 6.07) is 0. The highest BCUT2D eigenvalue weighted by Crippen LogP contribution is 2.29. The van der Waals surface area contributed by atoms with Gasteiger partial charge < -0.3 is 15.4 Å². The lowest BCUT2D eigenvalue weighted by molar-refractivity contribution is -0.136. The van der Waals surface area contributed by atoms with E-state index in [9.17, 15) is 4.79 Å². The van der Waals surface area contributed by atoms with Gasteiger partial charge >= 0.3 is 0 Å². The molecule has 0 bridgehead atoms. The lowest BCUT2D eigenvalue weighted by Crippen LogP contribution is -2.50. The molecule has 1 amide bonds. The van der Waals surface area contributed by atoms with Crippen LogP contribution < -0.4 is 10.6 Å². The van der Waals surface area contributed by atoms with Gasteiger partial charge in [-0.15, -0.1) is 6.58 Å². The summed E-state index contributed by atoms with van der Waals surface area (Å²) in [6.45, 7) is 6.69. The molecule has 0 aromatic heterocycles. The number of piperidine rings is 1. The number of carbonyl (C=O) groups is 1. The normalized spacial score (nSPS) is 18.3. The van der Waals surface area contributed by atoms with Crippen molar-refractivity contribution in [1.29, 1.82) is 0 Å². The Morgan fingerprint density at radius 1 is 1.56 bits per heavy atom. The van der Waals surface area contributed by atoms with Crippen LogP contribution in [0.3, 0.4) is 0 Å². The molecule has 0 aliphatic carbocycles. The van der Waals surface area contributed by atoms with E-state index >= 15 is 0 Å². The molecule has 1 fully saturated rings. The summed E-state index contributed by atoms with van der Waals surface area (Å²) in [5.41, 5.74) is -0.330. The van der Waals surface area contributed by atoms with Crippen LogP contribution in [0.15, 0.2) is 12.7 Å². The highest BCUT2D eigenvalue weighted by molar-refractivity contribution is 7.99. The fourth-order valence-corrected chi connectivity index (χ4v) is 2.79. The zero-order valence-corrected chi connectivity index (χ0v) is 12.0. The van der Waals surface area contributed by atoms with Crippen LogP contribution in [0, 0.1) is 5.41 Å². The largest absolute Gasteiger partial charge is 0.384 e. The van der Waals surface area contributed by atoms with Gasteiger partial charge in [-0.3, -0.25) is 4.79 Å². The van der Waals surface area contributed by atoms with E-state index in [1.54, 1.807) is 18.9 Å². The van der Waals surface area contributed by atoms with Crippen LogP contribution in [0.1, 0.15) is 12.8 Å². The first-order valence-electron chi connectivity index (χ1n) is 6.42. The molecule has 18 heavy (non-hydrogen) atoms. The first-order valence-corrected chi connectivity index (χ1v) is 7.57. The van der Waals surface area contributed by atoms with E-state index in [1.165, 1.54) is 0 Å². The van der Waals surface area contributed by atoms with Gasteiger partial charge in [0.25, 0.3) is 0 Å². The Balaban J connectivity index is 2.37. The van der Waals surface area contributed by atoms with Crippen LogP contribution >= 0.6 is 11.8 Å².